The van der Waals surface area contributed by atoms with Gasteiger partial charge < -0.3 is 14.2 Å². The molecule has 0 unspecified atom stereocenters. The second-order valence-electron chi connectivity index (χ2n) is 19.5. The molecule has 6 rings (SSSR count). The topological polar surface area (TPSA) is 27.7 Å². The van der Waals surface area contributed by atoms with Crippen molar-refractivity contribution in [1.82, 2.24) is 0 Å². The molecule has 0 radical (unpaired) electrons. The van der Waals surface area contributed by atoms with Crippen LogP contribution in [0.15, 0.2) is 18.2 Å². The van der Waals surface area contributed by atoms with E-state index in [1.807, 2.05) is 13.8 Å². The normalized spacial score (nSPS) is 21.9. The van der Waals surface area contributed by atoms with Crippen LogP contribution in [-0.2, 0) is 19.3 Å². The summed E-state index contributed by atoms with van der Waals surface area (Å²) in [6, 6.07) is 5.23. The number of rotatable bonds is 18. The van der Waals surface area contributed by atoms with Crippen molar-refractivity contribution >= 4 is 0 Å². The van der Waals surface area contributed by atoms with E-state index in [1.54, 1.807) is 18.2 Å². The van der Waals surface area contributed by atoms with E-state index in [-0.39, 0.29) is 17.2 Å². The summed E-state index contributed by atoms with van der Waals surface area (Å²) in [5.74, 6) is -1.04. The Balaban J connectivity index is 0.000000217. The third-order valence-corrected chi connectivity index (χ3v) is 15.2. The van der Waals surface area contributed by atoms with E-state index in [2.05, 4.69) is 27.7 Å². The molecule has 66 heavy (non-hydrogen) atoms. The van der Waals surface area contributed by atoms with Gasteiger partial charge in [-0.1, -0.05) is 92.9 Å². The predicted molar refractivity (Wildman–Crippen MR) is 260 cm³/mol. The van der Waals surface area contributed by atoms with Gasteiger partial charge in [0.05, 0.1) is 21.3 Å². The molecule has 372 valence electrons. The molecule has 3 aliphatic carbocycles. The van der Waals surface area contributed by atoms with Gasteiger partial charge in [-0.05, 0) is 190 Å². The summed E-state index contributed by atoms with van der Waals surface area (Å²) in [4.78, 5) is 0. The average Bonchev–Trinajstić information content (AvgIpc) is 3.33. The molecular formula is C57H84F6O3. The highest BCUT2D eigenvalue weighted by molar-refractivity contribution is 5.43. The summed E-state index contributed by atoms with van der Waals surface area (Å²) in [7, 11) is 4.20. The van der Waals surface area contributed by atoms with Gasteiger partial charge in [-0.2, -0.15) is 13.2 Å². The largest absolute Gasteiger partial charge is 0.494 e. The van der Waals surface area contributed by atoms with Crippen LogP contribution in [-0.4, -0.2) is 21.3 Å². The maximum atomic E-state index is 14.5. The van der Waals surface area contributed by atoms with Gasteiger partial charge in [-0.25, -0.2) is 13.2 Å². The standard InChI is InChI=1S/C20H30F2O.C19H28F2O.C18H26F2O/c1-4-6-8-16-17(13-18(23-3)20(22)19(16)21)15-11-9-14(7-5-2)10-12-15;1-4-6-13-8-10-14(11-9-13)16-12-17(22-3)19(21)18(20)15(16)7-5-2;1-4-6-12-7-9-13(10-8-12)15-11-16(21-3)18(20)17(19)14(15)5-2/h13-15H,4-12H2,1-3H3;12-14H,4-11H2,1-3H3;11-13H,4-10H2,1-3H3. The molecule has 0 saturated heterocycles. The molecular weight excluding hydrogens is 847 g/mol. The first-order chi connectivity index (χ1) is 31.9. The Labute approximate surface area is 395 Å². The zero-order chi connectivity index (χ0) is 48.3. The Bertz CT molecular complexity index is 1910. The molecule has 0 bridgehead atoms. The fraction of sp³-hybridized carbons (Fsp3) is 0.684. The lowest BCUT2D eigenvalue weighted by atomic mass is 9.75. The molecule has 9 heteroatoms. The number of methoxy groups -OCH3 is 3. The molecule has 0 heterocycles. The molecule has 3 aromatic carbocycles. The summed E-state index contributed by atoms with van der Waals surface area (Å²) in [6.07, 6.45) is 25.7. The van der Waals surface area contributed by atoms with Crippen molar-refractivity contribution in [2.45, 2.75) is 213 Å². The average molecular weight is 931 g/mol. The van der Waals surface area contributed by atoms with Crippen LogP contribution < -0.4 is 14.2 Å². The van der Waals surface area contributed by atoms with Gasteiger partial charge in [0.25, 0.3) is 0 Å². The van der Waals surface area contributed by atoms with Gasteiger partial charge in [-0.15, -0.1) is 0 Å². The minimum absolute atomic E-state index is 0.0374. The molecule has 0 aromatic heterocycles. The van der Waals surface area contributed by atoms with Crippen molar-refractivity contribution in [2.24, 2.45) is 17.8 Å². The van der Waals surface area contributed by atoms with Crippen LogP contribution >= 0.6 is 0 Å². The van der Waals surface area contributed by atoms with Gasteiger partial charge >= 0.3 is 0 Å². The van der Waals surface area contributed by atoms with Crippen LogP contribution in [0, 0.1) is 52.7 Å². The minimum Gasteiger partial charge on any atom is -0.494 e. The van der Waals surface area contributed by atoms with Crippen molar-refractivity contribution in [3.8, 4) is 17.2 Å². The van der Waals surface area contributed by atoms with Gasteiger partial charge in [-0.3, -0.25) is 0 Å². The van der Waals surface area contributed by atoms with E-state index in [9.17, 15) is 26.3 Å². The molecule has 0 amide bonds. The summed E-state index contributed by atoms with van der Waals surface area (Å²) in [5, 5.41) is 0. The molecule has 0 N–H and O–H groups in total. The number of hydrogen-bond donors (Lipinski definition) is 0. The summed E-state index contributed by atoms with van der Waals surface area (Å²) in [6.45, 7) is 12.6. The van der Waals surface area contributed by atoms with E-state index < -0.39 is 34.9 Å². The second kappa shape index (κ2) is 28.2. The van der Waals surface area contributed by atoms with E-state index in [4.69, 9.17) is 14.2 Å². The fourth-order valence-corrected chi connectivity index (χ4v) is 11.5. The summed E-state index contributed by atoms with van der Waals surface area (Å²) < 4.78 is 100. The number of halogens is 6. The lowest BCUT2D eigenvalue weighted by Gasteiger charge is -2.30. The highest BCUT2D eigenvalue weighted by Crippen LogP contribution is 2.44. The predicted octanol–water partition coefficient (Wildman–Crippen LogP) is 18.0. The second-order valence-corrected chi connectivity index (χ2v) is 19.5. The Kier molecular flexibility index (Phi) is 23.6. The van der Waals surface area contributed by atoms with Crippen LogP contribution in [0.4, 0.5) is 26.3 Å². The van der Waals surface area contributed by atoms with Gasteiger partial charge in [0.2, 0.25) is 17.5 Å². The van der Waals surface area contributed by atoms with Crippen molar-refractivity contribution < 1.29 is 40.6 Å². The maximum Gasteiger partial charge on any atom is 0.200 e. The van der Waals surface area contributed by atoms with E-state index in [0.717, 1.165) is 92.2 Å². The first kappa shape index (κ1) is 55.2. The summed E-state index contributed by atoms with van der Waals surface area (Å²) >= 11 is 0. The van der Waals surface area contributed by atoms with Crippen molar-refractivity contribution in [1.29, 1.82) is 0 Å². The van der Waals surface area contributed by atoms with Crippen molar-refractivity contribution in [3.05, 3.63) is 86.5 Å². The number of unbranched alkanes of at least 4 members (excludes halogenated alkanes) is 1. The highest BCUT2D eigenvalue weighted by Gasteiger charge is 2.30. The van der Waals surface area contributed by atoms with Crippen LogP contribution in [0.1, 0.15) is 228 Å². The van der Waals surface area contributed by atoms with Crippen LogP contribution in [0.3, 0.4) is 0 Å². The Hall–Kier alpha value is -3.36. The van der Waals surface area contributed by atoms with Crippen molar-refractivity contribution in [3.63, 3.8) is 0 Å². The lowest BCUT2D eigenvalue weighted by Crippen LogP contribution is -2.16. The SMILES string of the molecule is CCCC1CCC(c2cc(OC)c(F)c(F)c2CC)CC1.CCCCc1c(C2CCC(CCC)CC2)cc(OC)c(F)c1F.CCCc1c(C2CCC(CCC)CC2)cc(OC)c(F)c1F. The van der Waals surface area contributed by atoms with Crippen LogP contribution in [0.25, 0.3) is 0 Å². The van der Waals surface area contributed by atoms with Gasteiger partial charge in [0.1, 0.15) is 0 Å². The number of benzene rings is 3. The molecule has 3 fully saturated rings. The number of ether oxygens (including phenoxy) is 3. The zero-order valence-corrected chi connectivity index (χ0v) is 42.2. The molecule has 3 saturated carbocycles. The van der Waals surface area contributed by atoms with Crippen molar-refractivity contribution in [2.75, 3.05) is 21.3 Å². The first-order valence-electron chi connectivity index (χ1n) is 26.0. The quantitative estimate of drug-likeness (QED) is 0.119. The molecule has 0 spiro atoms. The Morgan fingerprint density at radius 2 is 0.682 bits per heavy atom. The van der Waals surface area contributed by atoms with Gasteiger partial charge in [0.15, 0.2) is 34.7 Å². The van der Waals surface area contributed by atoms with Crippen LogP contribution in [0.5, 0.6) is 17.2 Å². The van der Waals surface area contributed by atoms with E-state index in [1.165, 1.54) is 98.4 Å². The number of hydrogen-bond acceptors (Lipinski definition) is 3. The summed E-state index contributed by atoms with van der Waals surface area (Å²) in [5.41, 5.74) is 4.62. The van der Waals surface area contributed by atoms with Gasteiger partial charge in [0, 0.05) is 0 Å². The third kappa shape index (κ3) is 14.3. The molecule has 3 aromatic rings. The molecule has 3 aliphatic rings. The third-order valence-electron chi connectivity index (χ3n) is 15.2. The first-order valence-corrected chi connectivity index (χ1v) is 26.0. The smallest absolute Gasteiger partial charge is 0.200 e. The maximum absolute atomic E-state index is 14.5. The molecule has 0 atom stereocenters. The monoisotopic (exact) mass is 931 g/mol. The van der Waals surface area contributed by atoms with Crippen LogP contribution in [0.2, 0.25) is 0 Å². The highest BCUT2D eigenvalue weighted by atomic mass is 19.2. The molecule has 3 nitrogen and oxygen atoms in total. The lowest BCUT2D eigenvalue weighted by molar-refractivity contribution is 0.304. The Morgan fingerprint density at radius 3 is 0.955 bits per heavy atom. The fourth-order valence-electron chi connectivity index (χ4n) is 11.5. The van der Waals surface area contributed by atoms with E-state index in [0.29, 0.717) is 53.7 Å². The minimum atomic E-state index is -0.849. The zero-order valence-electron chi connectivity index (χ0n) is 42.2. The molecule has 0 aliphatic heterocycles. The Morgan fingerprint density at radius 1 is 0.379 bits per heavy atom. The van der Waals surface area contributed by atoms with E-state index >= 15 is 0 Å².